The Bertz CT molecular complexity index is 424. The summed E-state index contributed by atoms with van der Waals surface area (Å²) in [5.74, 6) is -4.33. The van der Waals surface area contributed by atoms with Crippen LogP contribution in [0.15, 0.2) is 0 Å². The molecule has 4 N–H and O–H groups in total. The van der Waals surface area contributed by atoms with Gasteiger partial charge in [0.25, 0.3) is 0 Å². The Labute approximate surface area is 246 Å². The second-order valence-corrected chi connectivity index (χ2v) is 13.3. The Hall–Kier alpha value is -2.36. The SMILES string of the molecule is CC(=O)[O-].CC(=O)[O-].CC(=O)[O-].CC(=O)[O-].C[N+](C)(C)C.C[N+](C)(C)C.C[N+](C)(C)C.C[N+](C)(C)C.NCCN. The molecule has 0 radical (unpaired) electrons. The average molecular weight is 593 g/mol. The second kappa shape index (κ2) is 36.6. The zero-order valence-corrected chi connectivity index (χ0v) is 29.6. The highest BCUT2D eigenvalue weighted by Crippen LogP contribution is 1.75. The fraction of sp³-hybridized carbons (Fsp3) is 0.846. The molecule has 14 heteroatoms. The minimum Gasteiger partial charge on any atom is -0.550 e. The average Bonchev–Trinajstić information content (AvgIpc) is 2.45. The number of nitrogens with two attached hydrogens (primary N) is 2. The number of carboxylic acids is 4. The summed E-state index contributed by atoms with van der Waals surface area (Å²) in [6.45, 7) is 5.08. The first-order valence-corrected chi connectivity index (χ1v) is 12.1. The Morgan fingerprint density at radius 3 is 0.400 bits per heavy atom. The van der Waals surface area contributed by atoms with Gasteiger partial charge in [0.15, 0.2) is 0 Å². The zero-order valence-electron chi connectivity index (χ0n) is 29.6. The van der Waals surface area contributed by atoms with E-state index < -0.39 is 23.9 Å². The lowest BCUT2D eigenvalue weighted by Gasteiger charge is -2.14. The van der Waals surface area contributed by atoms with Gasteiger partial charge in [0, 0.05) is 37.0 Å². The lowest BCUT2D eigenvalue weighted by Crippen LogP contribution is -2.27. The molecular formula is C26H68N6O8. The summed E-state index contributed by atoms with van der Waals surface area (Å²) in [7, 11) is 34.0. The summed E-state index contributed by atoms with van der Waals surface area (Å²) in [6, 6.07) is 0. The van der Waals surface area contributed by atoms with Crippen molar-refractivity contribution in [2.24, 2.45) is 11.5 Å². The van der Waals surface area contributed by atoms with Gasteiger partial charge in [-0.1, -0.05) is 0 Å². The van der Waals surface area contributed by atoms with Crippen LogP contribution in [0.5, 0.6) is 0 Å². The second-order valence-electron chi connectivity index (χ2n) is 13.3. The number of carbonyl (C=O) groups is 4. The first-order valence-electron chi connectivity index (χ1n) is 12.1. The number of carbonyl (C=O) groups excluding carboxylic acids is 4. The summed E-state index contributed by atoms with van der Waals surface area (Å²) in [4.78, 5) is 35.6. The maximum atomic E-state index is 8.89. The Morgan fingerprint density at radius 1 is 0.375 bits per heavy atom. The minimum atomic E-state index is -1.08. The summed E-state index contributed by atoms with van der Waals surface area (Å²) < 4.78 is 4.00. The lowest BCUT2D eigenvalue weighted by molar-refractivity contribution is -0.849. The van der Waals surface area contributed by atoms with Crippen molar-refractivity contribution >= 4 is 23.9 Å². The van der Waals surface area contributed by atoms with Crippen molar-refractivity contribution in [2.75, 3.05) is 126 Å². The quantitative estimate of drug-likeness (QED) is 0.277. The van der Waals surface area contributed by atoms with Gasteiger partial charge in [0.05, 0.1) is 113 Å². The normalized spacial score (nSPS) is 9.25. The van der Waals surface area contributed by atoms with Crippen molar-refractivity contribution < 1.29 is 57.5 Å². The van der Waals surface area contributed by atoms with E-state index in [0.717, 1.165) is 45.6 Å². The molecule has 0 aliphatic carbocycles. The highest BCUT2D eigenvalue weighted by molar-refractivity contribution is 5.61. The summed E-state index contributed by atoms with van der Waals surface area (Å²) in [5, 5.41) is 35.6. The van der Waals surface area contributed by atoms with E-state index in [0.29, 0.717) is 13.1 Å². The van der Waals surface area contributed by atoms with Crippen molar-refractivity contribution in [3.63, 3.8) is 0 Å². The van der Waals surface area contributed by atoms with E-state index in [9.17, 15) is 0 Å². The van der Waals surface area contributed by atoms with E-state index in [1.54, 1.807) is 0 Å². The molecule has 0 unspecified atom stereocenters. The first-order chi connectivity index (χ1) is 16.8. The van der Waals surface area contributed by atoms with Crippen LogP contribution in [0.4, 0.5) is 0 Å². The molecular weight excluding hydrogens is 524 g/mol. The Balaban J connectivity index is -0.0000000387. The molecule has 0 rings (SSSR count). The third-order valence-corrected chi connectivity index (χ3v) is 0.167. The molecule has 0 aromatic carbocycles. The van der Waals surface area contributed by atoms with E-state index in [1.165, 1.54) is 0 Å². The van der Waals surface area contributed by atoms with Crippen molar-refractivity contribution in [3.05, 3.63) is 0 Å². The monoisotopic (exact) mass is 593 g/mol. The smallest absolute Gasteiger partial charge is 0.0675 e. The number of carboxylic acid groups (broad SMARTS) is 4. The molecule has 0 aromatic heterocycles. The van der Waals surface area contributed by atoms with Gasteiger partial charge < -0.3 is 69.0 Å². The van der Waals surface area contributed by atoms with Gasteiger partial charge in [-0.3, -0.25) is 0 Å². The van der Waals surface area contributed by atoms with Crippen molar-refractivity contribution in [1.29, 1.82) is 0 Å². The summed E-state index contributed by atoms with van der Waals surface area (Å²) in [5.41, 5.74) is 9.81. The van der Waals surface area contributed by atoms with Gasteiger partial charge in [-0.05, 0) is 27.7 Å². The fourth-order valence-electron chi connectivity index (χ4n) is 0. The molecule has 0 atom stereocenters. The minimum absolute atomic E-state index is 0.597. The molecule has 14 nitrogen and oxygen atoms in total. The summed E-state index contributed by atoms with van der Waals surface area (Å²) in [6.07, 6.45) is 0. The van der Waals surface area contributed by atoms with E-state index >= 15 is 0 Å². The predicted molar refractivity (Wildman–Crippen MR) is 157 cm³/mol. The van der Waals surface area contributed by atoms with Gasteiger partial charge in [-0.25, -0.2) is 0 Å². The van der Waals surface area contributed by atoms with Crippen molar-refractivity contribution in [2.45, 2.75) is 27.7 Å². The van der Waals surface area contributed by atoms with Crippen LogP contribution in [0.1, 0.15) is 27.7 Å². The number of nitrogens with zero attached hydrogens (tertiary/aromatic N) is 4. The largest absolute Gasteiger partial charge is 0.550 e. The zero-order chi connectivity index (χ0) is 35.7. The molecule has 0 amide bonds. The Morgan fingerprint density at radius 2 is 0.400 bits per heavy atom. The van der Waals surface area contributed by atoms with Crippen LogP contribution in [0.2, 0.25) is 0 Å². The maximum absolute atomic E-state index is 8.89. The van der Waals surface area contributed by atoms with Crippen LogP contribution in [-0.2, 0) is 19.2 Å². The van der Waals surface area contributed by atoms with Gasteiger partial charge in [-0.2, -0.15) is 0 Å². The van der Waals surface area contributed by atoms with Crippen LogP contribution in [0.3, 0.4) is 0 Å². The molecule has 40 heavy (non-hydrogen) atoms. The number of rotatable bonds is 1. The maximum Gasteiger partial charge on any atom is 0.0675 e. The van der Waals surface area contributed by atoms with Crippen LogP contribution in [-0.4, -0.2) is 168 Å². The van der Waals surface area contributed by atoms with Crippen LogP contribution in [0.25, 0.3) is 0 Å². The molecule has 0 bridgehead atoms. The number of aliphatic carboxylic acids is 4. The van der Waals surface area contributed by atoms with E-state index in [4.69, 9.17) is 51.1 Å². The van der Waals surface area contributed by atoms with E-state index in [2.05, 4.69) is 113 Å². The molecule has 250 valence electrons. The van der Waals surface area contributed by atoms with Gasteiger partial charge in [-0.15, -0.1) is 0 Å². The van der Waals surface area contributed by atoms with Crippen LogP contribution >= 0.6 is 0 Å². The van der Waals surface area contributed by atoms with Gasteiger partial charge >= 0.3 is 0 Å². The van der Waals surface area contributed by atoms with Crippen molar-refractivity contribution in [1.82, 2.24) is 0 Å². The molecule has 0 saturated carbocycles. The van der Waals surface area contributed by atoms with Crippen molar-refractivity contribution in [3.8, 4) is 0 Å². The topological polar surface area (TPSA) is 213 Å². The standard InChI is InChI=1S/4C4H12N.C2H8N2.4C2H4O2/c4*1-5(2,3)4;3-1-2-4;4*1-2(3)4/h4*1-4H3;1-4H2;4*1H3,(H,3,4)/q4*+1;;;;;/p-4. The van der Waals surface area contributed by atoms with Gasteiger partial charge in [0.1, 0.15) is 0 Å². The highest BCUT2D eigenvalue weighted by Gasteiger charge is 1.89. The lowest BCUT2D eigenvalue weighted by atomic mass is 10.7. The number of quaternary nitrogens is 4. The molecule has 0 aromatic rings. The van der Waals surface area contributed by atoms with Gasteiger partial charge in [0.2, 0.25) is 0 Å². The van der Waals surface area contributed by atoms with E-state index in [-0.39, 0.29) is 0 Å². The third kappa shape index (κ3) is 23100. The third-order valence-electron chi connectivity index (χ3n) is 0.167. The molecule has 0 aliphatic heterocycles. The van der Waals surface area contributed by atoms with Crippen LogP contribution in [0, 0.1) is 0 Å². The fourth-order valence-corrected chi connectivity index (χ4v) is 0. The molecule has 0 heterocycles. The summed E-state index contributed by atoms with van der Waals surface area (Å²) >= 11 is 0. The predicted octanol–water partition coefficient (Wildman–Crippen LogP) is -4.78. The number of hydrogen-bond acceptors (Lipinski definition) is 10. The molecule has 0 spiro atoms. The first kappa shape index (κ1) is 61.6. The molecule has 0 fully saturated rings. The molecule has 0 saturated heterocycles. The molecule has 0 aliphatic rings. The van der Waals surface area contributed by atoms with E-state index in [1.807, 2.05) is 0 Å². The highest BCUT2D eigenvalue weighted by atomic mass is 16.4. The van der Waals surface area contributed by atoms with Crippen LogP contribution < -0.4 is 31.9 Å². The number of hydrogen-bond donors (Lipinski definition) is 2. The Kier molecular flexibility index (Phi) is 56.4.